The maximum atomic E-state index is 13.6. The fraction of sp³-hybridized carbons (Fsp3) is 0.133. The van der Waals surface area contributed by atoms with Crippen LogP contribution in [-0.4, -0.2) is 15.1 Å². The second-order valence-electron chi connectivity index (χ2n) is 4.89. The SMILES string of the molecule is Cc1cc2[nH]c(-c3[nH]c(=O)cc(O)c3C)cc2cc1F. The van der Waals surface area contributed by atoms with E-state index in [1.54, 1.807) is 26.0 Å². The van der Waals surface area contributed by atoms with Gasteiger partial charge in [-0.05, 0) is 37.6 Å². The van der Waals surface area contributed by atoms with E-state index < -0.39 is 0 Å². The van der Waals surface area contributed by atoms with Crippen molar-refractivity contribution in [1.82, 2.24) is 9.97 Å². The van der Waals surface area contributed by atoms with Crippen LogP contribution < -0.4 is 5.56 Å². The molecule has 4 nitrogen and oxygen atoms in total. The van der Waals surface area contributed by atoms with Gasteiger partial charge in [0.2, 0.25) is 0 Å². The lowest BCUT2D eigenvalue weighted by Gasteiger charge is -2.04. The molecule has 3 aromatic rings. The van der Waals surface area contributed by atoms with E-state index in [4.69, 9.17) is 0 Å². The van der Waals surface area contributed by atoms with E-state index in [1.807, 2.05) is 0 Å². The zero-order valence-corrected chi connectivity index (χ0v) is 11.0. The van der Waals surface area contributed by atoms with Crippen LogP contribution in [0.2, 0.25) is 0 Å². The molecular weight excluding hydrogens is 259 g/mol. The molecule has 3 rings (SSSR count). The summed E-state index contributed by atoms with van der Waals surface area (Å²) < 4.78 is 13.6. The summed E-state index contributed by atoms with van der Waals surface area (Å²) in [5.74, 6) is -0.339. The number of aromatic amines is 2. The molecule has 20 heavy (non-hydrogen) atoms. The lowest BCUT2D eigenvalue weighted by molar-refractivity contribution is 0.470. The van der Waals surface area contributed by atoms with E-state index in [2.05, 4.69) is 9.97 Å². The number of nitrogens with one attached hydrogen (secondary N) is 2. The first-order valence-electron chi connectivity index (χ1n) is 6.18. The summed E-state index contributed by atoms with van der Waals surface area (Å²) in [7, 11) is 0. The molecule has 102 valence electrons. The Balaban J connectivity index is 2.28. The maximum Gasteiger partial charge on any atom is 0.252 e. The number of hydrogen-bond acceptors (Lipinski definition) is 2. The Morgan fingerprint density at radius 2 is 1.85 bits per heavy atom. The number of halogens is 1. The van der Waals surface area contributed by atoms with E-state index in [0.717, 1.165) is 11.6 Å². The van der Waals surface area contributed by atoms with Gasteiger partial charge in [0.25, 0.3) is 5.56 Å². The summed E-state index contributed by atoms with van der Waals surface area (Å²) in [6, 6.07) is 6.03. The lowest BCUT2D eigenvalue weighted by atomic mass is 10.1. The Morgan fingerprint density at radius 3 is 2.60 bits per heavy atom. The molecule has 0 amide bonds. The van der Waals surface area contributed by atoms with Gasteiger partial charge >= 0.3 is 0 Å². The number of fused-ring (bicyclic) bond motifs is 1. The molecular formula is C15H13FN2O2. The van der Waals surface area contributed by atoms with Gasteiger partial charge in [-0.1, -0.05) is 0 Å². The molecule has 0 aliphatic heterocycles. The number of hydrogen-bond donors (Lipinski definition) is 3. The van der Waals surface area contributed by atoms with Crippen molar-refractivity contribution >= 4 is 10.9 Å². The highest BCUT2D eigenvalue weighted by Gasteiger charge is 2.11. The molecule has 0 radical (unpaired) electrons. The largest absolute Gasteiger partial charge is 0.507 e. The fourth-order valence-corrected chi connectivity index (χ4v) is 2.28. The first-order chi connectivity index (χ1) is 9.45. The summed E-state index contributed by atoms with van der Waals surface area (Å²) in [5, 5.41) is 10.4. The molecule has 0 bridgehead atoms. The zero-order chi connectivity index (χ0) is 14.4. The predicted molar refractivity (Wildman–Crippen MR) is 75.5 cm³/mol. The average Bonchev–Trinajstić information content (AvgIpc) is 2.77. The van der Waals surface area contributed by atoms with Crippen LogP contribution >= 0.6 is 0 Å². The van der Waals surface area contributed by atoms with Crippen LogP contribution in [0.4, 0.5) is 4.39 Å². The molecule has 0 saturated heterocycles. The van der Waals surface area contributed by atoms with Crippen molar-refractivity contribution in [2.24, 2.45) is 0 Å². The summed E-state index contributed by atoms with van der Waals surface area (Å²) in [6.45, 7) is 3.40. The first kappa shape index (κ1) is 12.5. The van der Waals surface area contributed by atoms with Gasteiger partial charge in [-0.2, -0.15) is 0 Å². The average molecular weight is 272 g/mol. The Kier molecular flexibility index (Phi) is 2.64. The molecule has 0 spiro atoms. The van der Waals surface area contributed by atoms with E-state index in [9.17, 15) is 14.3 Å². The molecule has 0 unspecified atom stereocenters. The molecule has 0 aliphatic carbocycles. The highest BCUT2D eigenvalue weighted by atomic mass is 19.1. The number of aromatic nitrogens is 2. The lowest BCUT2D eigenvalue weighted by Crippen LogP contribution is -2.06. The smallest absolute Gasteiger partial charge is 0.252 e. The minimum absolute atomic E-state index is 0.0650. The van der Waals surface area contributed by atoms with Crippen molar-refractivity contribution in [3.63, 3.8) is 0 Å². The van der Waals surface area contributed by atoms with Crippen LogP contribution in [0.15, 0.2) is 29.1 Å². The van der Waals surface area contributed by atoms with Crippen molar-refractivity contribution in [3.05, 3.63) is 51.6 Å². The summed E-state index contributed by atoms with van der Waals surface area (Å²) in [6.07, 6.45) is 0. The number of H-pyrrole nitrogens is 2. The Bertz CT molecular complexity index is 838. The summed E-state index contributed by atoms with van der Waals surface area (Å²) in [5.41, 5.74) is 2.65. The third-order valence-electron chi connectivity index (χ3n) is 3.44. The van der Waals surface area contributed by atoms with Crippen molar-refractivity contribution < 1.29 is 9.50 Å². The number of aromatic hydroxyl groups is 1. The number of benzene rings is 1. The Hall–Kier alpha value is -2.56. The summed E-state index contributed by atoms with van der Waals surface area (Å²) >= 11 is 0. The van der Waals surface area contributed by atoms with Gasteiger partial charge in [0.15, 0.2) is 0 Å². The zero-order valence-electron chi connectivity index (χ0n) is 11.0. The highest BCUT2D eigenvalue weighted by molar-refractivity contribution is 5.86. The van der Waals surface area contributed by atoms with Gasteiger partial charge in [-0.3, -0.25) is 4.79 Å². The fourth-order valence-electron chi connectivity index (χ4n) is 2.28. The number of aryl methyl sites for hydroxylation is 1. The van der Waals surface area contributed by atoms with Crippen LogP contribution in [0, 0.1) is 19.7 Å². The van der Waals surface area contributed by atoms with Gasteiger partial charge in [0.05, 0.1) is 11.4 Å². The third-order valence-corrected chi connectivity index (χ3v) is 3.44. The molecule has 2 heterocycles. The standard InChI is InChI=1S/C15H13FN2O2/c1-7-3-11-9(4-10(7)16)5-12(17-11)15-8(2)13(19)6-14(20)18-15/h3-6,17H,1-2H3,(H2,18,19,20). The van der Waals surface area contributed by atoms with Crippen molar-refractivity contribution in [2.75, 3.05) is 0 Å². The van der Waals surface area contributed by atoms with Crippen molar-refractivity contribution in [1.29, 1.82) is 0 Å². The molecule has 3 N–H and O–H groups in total. The van der Waals surface area contributed by atoms with Crippen LogP contribution in [-0.2, 0) is 0 Å². The second kappa shape index (κ2) is 4.23. The van der Waals surface area contributed by atoms with E-state index in [-0.39, 0.29) is 17.1 Å². The van der Waals surface area contributed by atoms with Gasteiger partial charge < -0.3 is 15.1 Å². The van der Waals surface area contributed by atoms with Gasteiger partial charge in [0.1, 0.15) is 11.6 Å². The minimum Gasteiger partial charge on any atom is -0.507 e. The van der Waals surface area contributed by atoms with Gasteiger partial charge in [0, 0.05) is 22.5 Å². The molecule has 0 saturated carbocycles. The third kappa shape index (κ3) is 1.87. The van der Waals surface area contributed by atoms with Crippen molar-refractivity contribution in [3.8, 4) is 17.1 Å². The van der Waals surface area contributed by atoms with Crippen LogP contribution in [0.3, 0.4) is 0 Å². The van der Waals surface area contributed by atoms with Gasteiger partial charge in [-0.25, -0.2) is 4.39 Å². The molecule has 0 atom stereocenters. The molecule has 2 aromatic heterocycles. The normalized spacial score (nSPS) is 11.2. The first-order valence-corrected chi connectivity index (χ1v) is 6.18. The van der Waals surface area contributed by atoms with Crippen LogP contribution in [0.25, 0.3) is 22.3 Å². The number of rotatable bonds is 1. The topological polar surface area (TPSA) is 68.9 Å². The monoisotopic (exact) mass is 272 g/mol. The number of pyridine rings is 1. The Labute approximate surface area is 113 Å². The molecule has 1 aromatic carbocycles. The second-order valence-corrected chi connectivity index (χ2v) is 4.89. The van der Waals surface area contributed by atoms with Crippen LogP contribution in [0.5, 0.6) is 5.75 Å². The van der Waals surface area contributed by atoms with Crippen molar-refractivity contribution in [2.45, 2.75) is 13.8 Å². The van der Waals surface area contributed by atoms with Gasteiger partial charge in [-0.15, -0.1) is 0 Å². The quantitative estimate of drug-likeness (QED) is 0.637. The Morgan fingerprint density at radius 1 is 1.10 bits per heavy atom. The van der Waals surface area contributed by atoms with Crippen LogP contribution in [0.1, 0.15) is 11.1 Å². The van der Waals surface area contributed by atoms with E-state index in [1.165, 1.54) is 6.07 Å². The highest BCUT2D eigenvalue weighted by Crippen LogP contribution is 2.28. The molecule has 0 fully saturated rings. The van der Waals surface area contributed by atoms with E-state index in [0.29, 0.717) is 27.9 Å². The van der Waals surface area contributed by atoms with E-state index >= 15 is 0 Å². The molecule has 5 heteroatoms. The summed E-state index contributed by atoms with van der Waals surface area (Å²) in [4.78, 5) is 17.3. The predicted octanol–water partition coefficient (Wildman–Crippen LogP) is 2.98. The molecule has 0 aliphatic rings. The minimum atomic E-state index is -0.385. The maximum absolute atomic E-state index is 13.6.